The van der Waals surface area contributed by atoms with Gasteiger partial charge in [0.05, 0.1) is 0 Å². The number of carbonyl (C=O) groups is 2. The summed E-state index contributed by atoms with van der Waals surface area (Å²) in [5, 5.41) is 6.99. The van der Waals surface area contributed by atoms with Gasteiger partial charge in [-0.1, -0.05) is 17.7 Å². The molecule has 1 aromatic heterocycles. The molecule has 0 saturated carbocycles. The van der Waals surface area contributed by atoms with Crippen LogP contribution in [0.5, 0.6) is 0 Å². The molecule has 0 radical (unpaired) electrons. The van der Waals surface area contributed by atoms with Crippen LogP contribution in [0.15, 0.2) is 41.1 Å². The van der Waals surface area contributed by atoms with Gasteiger partial charge < -0.3 is 10.1 Å². The second kappa shape index (κ2) is 7.77. The Kier molecular flexibility index (Phi) is 5.75. The quantitative estimate of drug-likeness (QED) is 0.666. The summed E-state index contributed by atoms with van der Waals surface area (Å²) < 4.78 is 4.88. The Bertz CT molecular complexity index is 695. The molecule has 0 spiro atoms. The van der Waals surface area contributed by atoms with E-state index < -0.39 is 11.9 Å². The molecule has 2 rings (SSSR count). The summed E-state index contributed by atoms with van der Waals surface area (Å²) in [4.78, 5) is 23.3. The zero-order valence-corrected chi connectivity index (χ0v) is 13.4. The number of nitrogens with one attached hydrogen (secondary N) is 1. The second-order valence-corrected chi connectivity index (χ2v) is 5.72. The molecule has 0 bridgehead atoms. The molecule has 0 aliphatic heterocycles. The largest absolute Gasteiger partial charge is 0.452 e. The van der Waals surface area contributed by atoms with Crippen LogP contribution < -0.4 is 5.32 Å². The molecule has 0 atom stereocenters. The van der Waals surface area contributed by atoms with E-state index in [-0.39, 0.29) is 6.61 Å². The molecule has 1 heterocycles. The molecule has 1 aromatic carbocycles. The Hall–Kier alpha value is -2.11. The summed E-state index contributed by atoms with van der Waals surface area (Å²) in [5.74, 6) is -0.980. The lowest BCUT2D eigenvalue weighted by Crippen LogP contribution is -2.20. The van der Waals surface area contributed by atoms with Gasteiger partial charge in [-0.05, 0) is 53.1 Å². The van der Waals surface area contributed by atoms with Crippen LogP contribution in [0.2, 0.25) is 5.02 Å². The van der Waals surface area contributed by atoms with Crippen molar-refractivity contribution in [1.82, 2.24) is 0 Å². The van der Waals surface area contributed by atoms with Crippen molar-refractivity contribution in [2.75, 3.05) is 11.9 Å². The highest BCUT2D eigenvalue weighted by Crippen LogP contribution is 2.19. The SMILES string of the molecule is Cc1ccc(Cl)cc1NC(=O)COC(=O)/C=C/c1ccsc1. The zero-order valence-electron chi connectivity index (χ0n) is 11.8. The summed E-state index contributed by atoms with van der Waals surface area (Å²) in [7, 11) is 0. The van der Waals surface area contributed by atoms with E-state index in [1.807, 2.05) is 23.8 Å². The van der Waals surface area contributed by atoms with Gasteiger partial charge in [0.25, 0.3) is 5.91 Å². The fourth-order valence-electron chi connectivity index (χ4n) is 1.63. The summed E-state index contributed by atoms with van der Waals surface area (Å²) in [6.45, 7) is 1.50. The van der Waals surface area contributed by atoms with Crippen molar-refractivity contribution in [1.29, 1.82) is 0 Å². The first-order chi connectivity index (χ1) is 10.5. The minimum Gasteiger partial charge on any atom is -0.452 e. The van der Waals surface area contributed by atoms with Crippen LogP contribution in [0.25, 0.3) is 6.08 Å². The van der Waals surface area contributed by atoms with Gasteiger partial charge in [0.1, 0.15) is 0 Å². The second-order valence-electron chi connectivity index (χ2n) is 4.51. The number of carbonyl (C=O) groups excluding carboxylic acids is 2. The molecule has 0 aliphatic carbocycles. The maximum atomic E-state index is 11.8. The first-order valence-corrected chi connectivity index (χ1v) is 7.80. The van der Waals surface area contributed by atoms with Crippen LogP contribution >= 0.6 is 22.9 Å². The van der Waals surface area contributed by atoms with Gasteiger partial charge in [-0.15, -0.1) is 0 Å². The van der Waals surface area contributed by atoms with Crippen LogP contribution in [-0.2, 0) is 14.3 Å². The molecule has 114 valence electrons. The van der Waals surface area contributed by atoms with Crippen molar-refractivity contribution >= 4 is 46.6 Å². The molecule has 0 fully saturated rings. The lowest BCUT2D eigenvalue weighted by molar-refractivity contribution is -0.142. The number of halogens is 1. The predicted molar refractivity (Wildman–Crippen MR) is 89.1 cm³/mol. The smallest absolute Gasteiger partial charge is 0.331 e. The van der Waals surface area contributed by atoms with E-state index in [9.17, 15) is 9.59 Å². The number of benzene rings is 1. The Morgan fingerprint density at radius 3 is 2.91 bits per heavy atom. The standard InChI is InChI=1S/C16H14ClNO3S/c1-11-2-4-13(17)8-14(11)18-15(19)9-21-16(20)5-3-12-6-7-22-10-12/h2-8,10H,9H2,1H3,(H,18,19)/b5-3+. The summed E-state index contributed by atoms with van der Waals surface area (Å²) in [5.41, 5.74) is 2.39. The molecule has 6 heteroatoms. The molecule has 2 aromatic rings. The summed E-state index contributed by atoms with van der Waals surface area (Å²) in [6.07, 6.45) is 2.93. The fourth-order valence-corrected chi connectivity index (χ4v) is 2.43. The fraction of sp³-hybridized carbons (Fsp3) is 0.125. The summed E-state index contributed by atoms with van der Waals surface area (Å²) >= 11 is 7.41. The maximum absolute atomic E-state index is 11.8. The Morgan fingerprint density at radius 2 is 2.18 bits per heavy atom. The van der Waals surface area contributed by atoms with E-state index in [0.29, 0.717) is 10.7 Å². The maximum Gasteiger partial charge on any atom is 0.331 e. The normalized spacial score (nSPS) is 10.6. The number of hydrogen-bond donors (Lipinski definition) is 1. The average Bonchev–Trinajstić information content (AvgIpc) is 3.00. The minimum atomic E-state index is -0.566. The number of anilines is 1. The Balaban J connectivity index is 1.82. The van der Waals surface area contributed by atoms with Crippen LogP contribution in [0.4, 0.5) is 5.69 Å². The molecule has 1 amide bonds. The van der Waals surface area contributed by atoms with Crippen LogP contribution in [0.3, 0.4) is 0 Å². The molecular formula is C16H14ClNO3S. The molecule has 22 heavy (non-hydrogen) atoms. The molecule has 1 N–H and O–H groups in total. The Morgan fingerprint density at radius 1 is 1.36 bits per heavy atom. The third kappa shape index (κ3) is 5.02. The number of aryl methyl sites for hydroxylation is 1. The minimum absolute atomic E-state index is 0.348. The van der Waals surface area contributed by atoms with Crippen molar-refractivity contribution in [3.8, 4) is 0 Å². The highest BCUT2D eigenvalue weighted by molar-refractivity contribution is 7.08. The molecule has 4 nitrogen and oxygen atoms in total. The van der Waals surface area contributed by atoms with Gasteiger partial charge in [0.2, 0.25) is 0 Å². The number of rotatable bonds is 5. The van der Waals surface area contributed by atoms with Gasteiger partial charge in [-0.25, -0.2) is 4.79 Å². The van der Waals surface area contributed by atoms with Crippen LogP contribution in [0.1, 0.15) is 11.1 Å². The lowest BCUT2D eigenvalue weighted by Gasteiger charge is -2.08. The van der Waals surface area contributed by atoms with Gasteiger partial charge in [0, 0.05) is 16.8 Å². The van der Waals surface area contributed by atoms with E-state index in [1.165, 1.54) is 17.4 Å². The van der Waals surface area contributed by atoms with Crippen molar-refractivity contribution in [3.63, 3.8) is 0 Å². The summed E-state index contributed by atoms with van der Waals surface area (Å²) in [6, 6.07) is 7.06. The van der Waals surface area contributed by atoms with Crippen molar-refractivity contribution in [3.05, 3.63) is 57.3 Å². The van der Waals surface area contributed by atoms with Crippen LogP contribution in [-0.4, -0.2) is 18.5 Å². The van der Waals surface area contributed by atoms with E-state index in [4.69, 9.17) is 16.3 Å². The average molecular weight is 336 g/mol. The van der Waals surface area contributed by atoms with Gasteiger partial charge >= 0.3 is 5.97 Å². The number of esters is 1. The first-order valence-electron chi connectivity index (χ1n) is 6.47. The number of thiophene rings is 1. The van der Waals surface area contributed by atoms with Gasteiger partial charge in [0.15, 0.2) is 6.61 Å². The molecule has 0 saturated heterocycles. The van der Waals surface area contributed by atoms with Gasteiger partial charge in [-0.3, -0.25) is 4.79 Å². The van der Waals surface area contributed by atoms with Crippen molar-refractivity contribution in [2.45, 2.75) is 6.92 Å². The molecular weight excluding hydrogens is 322 g/mol. The predicted octanol–water partition coefficient (Wildman–Crippen LogP) is 3.91. The van der Waals surface area contributed by atoms with Crippen molar-refractivity contribution in [2.24, 2.45) is 0 Å². The zero-order chi connectivity index (χ0) is 15.9. The van der Waals surface area contributed by atoms with Crippen molar-refractivity contribution < 1.29 is 14.3 Å². The third-order valence-electron chi connectivity index (χ3n) is 2.77. The number of hydrogen-bond acceptors (Lipinski definition) is 4. The third-order valence-corrected chi connectivity index (χ3v) is 3.71. The highest BCUT2D eigenvalue weighted by atomic mass is 35.5. The van der Waals surface area contributed by atoms with Crippen LogP contribution in [0, 0.1) is 6.92 Å². The van der Waals surface area contributed by atoms with E-state index in [2.05, 4.69) is 5.32 Å². The highest BCUT2D eigenvalue weighted by Gasteiger charge is 2.07. The van der Waals surface area contributed by atoms with E-state index in [1.54, 1.807) is 24.3 Å². The van der Waals surface area contributed by atoms with E-state index in [0.717, 1.165) is 11.1 Å². The number of amides is 1. The monoisotopic (exact) mass is 335 g/mol. The topological polar surface area (TPSA) is 55.4 Å². The molecule has 0 unspecified atom stereocenters. The number of ether oxygens (including phenoxy) is 1. The van der Waals surface area contributed by atoms with Gasteiger partial charge in [-0.2, -0.15) is 11.3 Å². The lowest BCUT2D eigenvalue weighted by atomic mass is 10.2. The Labute approximate surface area is 137 Å². The van der Waals surface area contributed by atoms with E-state index >= 15 is 0 Å². The molecule has 0 aliphatic rings. The first kappa shape index (κ1) is 16.3.